The van der Waals surface area contributed by atoms with Gasteiger partial charge in [0.2, 0.25) is 0 Å². The highest BCUT2D eigenvalue weighted by atomic mass is 16.6. The molecule has 0 saturated carbocycles. The third-order valence-electron chi connectivity index (χ3n) is 2.45. The predicted octanol–water partition coefficient (Wildman–Crippen LogP) is 0.770. The minimum absolute atomic E-state index is 0.0215. The van der Waals surface area contributed by atoms with E-state index in [2.05, 4.69) is 5.32 Å². The van der Waals surface area contributed by atoms with Gasteiger partial charge in [0, 0.05) is 6.54 Å². The molecule has 5 nitrogen and oxygen atoms in total. The van der Waals surface area contributed by atoms with Gasteiger partial charge >= 0.3 is 6.09 Å². The van der Waals surface area contributed by atoms with Crippen molar-refractivity contribution in [2.75, 3.05) is 19.6 Å². The van der Waals surface area contributed by atoms with E-state index in [4.69, 9.17) is 4.74 Å². The number of ether oxygens (including phenoxy) is 1. The molecule has 1 saturated heterocycles. The van der Waals surface area contributed by atoms with Gasteiger partial charge in [-0.25, -0.2) is 10.1 Å². The standard InChI is InChI=1S/C12H13N2O3/c15-11-8-14(7-6-13-11)12(16)17-9-10-4-2-1-3-5-10/h1-5H,6-9H2. The Kier molecular flexibility index (Phi) is 3.59. The van der Waals surface area contributed by atoms with Gasteiger partial charge < -0.3 is 4.74 Å². The van der Waals surface area contributed by atoms with Crippen molar-refractivity contribution in [3.8, 4) is 0 Å². The molecule has 1 heterocycles. The number of carbonyl (C=O) groups is 2. The van der Waals surface area contributed by atoms with Crippen LogP contribution in [0.25, 0.3) is 0 Å². The topological polar surface area (TPSA) is 60.7 Å². The summed E-state index contributed by atoms with van der Waals surface area (Å²) in [7, 11) is 0. The van der Waals surface area contributed by atoms with E-state index >= 15 is 0 Å². The quantitative estimate of drug-likeness (QED) is 0.758. The minimum Gasteiger partial charge on any atom is -0.445 e. The molecule has 2 amide bonds. The third-order valence-corrected chi connectivity index (χ3v) is 2.45. The fourth-order valence-electron chi connectivity index (χ4n) is 1.55. The predicted molar refractivity (Wildman–Crippen MR) is 60.2 cm³/mol. The molecule has 2 rings (SSSR count). The van der Waals surface area contributed by atoms with E-state index in [1.54, 1.807) is 0 Å². The van der Waals surface area contributed by atoms with Crippen LogP contribution in [0.1, 0.15) is 5.56 Å². The monoisotopic (exact) mass is 233 g/mol. The number of hydrogen-bond donors (Lipinski definition) is 0. The van der Waals surface area contributed by atoms with Crippen LogP contribution >= 0.6 is 0 Å². The van der Waals surface area contributed by atoms with Crippen LogP contribution in [0, 0.1) is 0 Å². The number of carbonyl (C=O) groups excluding carboxylic acids is 2. The van der Waals surface area contributed by atoms with Crippen molar-refractivity contribution < 1.29 is 14.3 Å². The average Bonchev–Trinajstić information content (AvgIpc) is 2.37. The van der Waals surface area contributed by atoms with Gasteiger partial charge in [-0.05, 0) is 5.56 Å². The molecule has 0 aliphatic carbocycles. The van der Waals surface area contributed by atoms with Crippen LogP contribution < -0.4 is 5.32 Å². The molecular weight excluding hydrogens is 220 g/mol. The SMILES string of the molecule is O=C1CN(C(=O)OCc2ccccc2)CC[N]1. The van der Waals surface area contributed by atoms with Crippen LogP contribution in [0.3, 0.4) is 0 Å². The van der Waals surface area contributed by atoms with Crippen molar-refractivity contribution >= 4 is 12.0 Å². The third kappa shape index (κ3) is 3.21. The Bertz CT molecular complexity index is 405. The highest BCUT2D eigenvalue weighted by Crippen LogP contribution is 2.04. The molecule has 1 aliphatic heterocycles. The molecule has 0 unspecified atom stereocenters. The lowest BCUT2D eigenvalue weighted by molar-refractivity contribution is -0.124. The molecule has 0 aromatic heterocycles. The van der Waals surface area contributed by atoms with E-state index < -0.39 is 6.09 Å². The second-order valence-electron chi connectivity index (χ2n) is 3.74. The Morgan fingerprint density at radius 2 is 2.12 bits per heavy atom. The van der Waals surface area contributed by atoms with Crippen LogP contribution in [0.15, 0.2) is 30.3 Å². The van der Waals surface area contributed by atoms with E-state index in [1.807, 2.05) is 30.3 Å². The molecular formula is C12H13N2O3. The van der Waals surface area contributed by atoms with Crippen LogP contribution in [-0.2, 0) is 16.1 Å². The van der Waals surface area contributed by atoms with Gasteiger partial charge in [0.15, 0.2) is 0 Å². The summed E-state index contributed by atoms with van der Waals surface area (Å²) < 4.78 is 5.11. The number of benzene rings is 1. The Morgan fingerprint density at radius 3 is 2.82 bits per heavy atom. The lowest BCUT2D eigenvalue weighted by Crippen LogP contribution is -2.47. The first-order valence-corrected chi connectivity index (χ1v) is 5.41. The summed E-state index contributed by atoms with van der Waals surface area (Å²) in [6.45, 7) is 1.05. The molecule has 1 aromatic carbocycles. The van der Waals surface area contributed by atoms with Gasteiger partial charge in [-0.3, -0.25) is 9.69 Å². The van der Waals surface area contributed by atoms with Crippen molar-refractivity contribution in [2.24, 2.45) is 0 Å². The van der Waals surface area contributed by atoms with Crippen LogP contribution in [-0.4, -0.2) is 36.5 Å². The summed E-state index contributed by atoms with van der Waals surface area (Å²) in [5.74, 6) is -0.270. The molecule has 89 valence electrons. The van der Waals surface area contributed by atoms with Crippen LogP contribution in [0.2, 0.25) is 0 Å². The van der Waals surface area contributed by atoms with Crippen molar-refractivity contribution in [3.05, 3.63) is 35.9 Å². The molecule has 0 N–H and O–H groups in total. The zero-order valence-electron chi connectivity index (χ0n) is 9.33. The summed E-state index contributed by atoms with van der Waals surface area (Å²) >= 11 is 0. The Morgan fingerprint density at radius 1 is 1.35 bits per heavy atom. The summed E-state index contributed by atoms with van der Waals surface area (Å²) in [5.41, 5.74) is 0.925. The van der Waals surface area contributed by atoms with Gasteiger partial charge in [0.1, 0.15) is 13.2 Å². The van der Waals surface area contributed by atoms with Gasteiger partial charge in [-0.15, -0.1) is 0 Å². The summed E-state index contributed by atoms with van der Waals surface area (Å²) in [5, 5.41) is 3.69. The van der Waals surface area contributed by atoms with E-state index in [1.165, 1.54) is 4.90 Å². The van der Waals surface area contributed by atoms with E-state index in [9.17, 15) is 9.59 Å². The second kappa shape index (κ2) is 5.34. The van der Waals surface area contributed by atoms with E-state index in [0.717, 1.165) is 5.56 Å². The molecule has 1 fully saturated rings. The van der Waals surface area contributed by atoms with Gasteiger partial charge in [-0.2, -0.15) is 0 Å². The number of amides is 2. The lowest BCUT2D eigenvalue weighted by atomic mass is 10.2. The maximum absolute atomic E-state index is 11.6. The highest BCUT2D eigenvalue weighted by molar-refractivity contribution is 5.83. The van der Waals surface area contributed by atoms with Crippen molar-refractivity contribution in [1.29, 1.82) is 0 Å². The van der Waals surface area contributed by atoms with Crippen LogP contribution in [0.4, 0.5) is 4.79 Å². The molecule has 1 aliphatic rings. The fraction of sp³-hybridized carbons (Fsp3) is 0.333. The first-order valence-electron chi connectivity index (χ1n) is 5.41. The smallest absolute Gasteiger partial charge is 0.410 e. The average molecular weight is 233 g/mol. The van der Waals surface area contributed by atoms with E-state index in [0.29, 0.717) is 13.1 Å². The molecule has 1 aromatic rings. The van der Waals surface area contributed by atoms with Crippen molar-refractivity contribution in [3.63, 3.8) is 0 Å². The molecule has 0 atom stereocenters. The maximum atomic E-state index is 11.6. The second-order valence-corrected chi connectivity index (χ2v) is 3.74. The number of nitrogens with zero attached hydrogens (tertiary/aromatic N) is 2. The van der Waals surface area contributed by atoms with Crippen molar-refractivity contribution in [1.82, 2.24) is 10.2 Å². The number of hydrogen-bond acceptors (Lipinski definition) is 3. The molecule has 1 radical (unpaired) electrons. The molecule has 5 heteroatoms. The summed E-state index contributed by atoms with van der Waals surface area (Å²) in [6, 6.07) is 9.42. The largest absolute Gasteiger partial charge is 0.445 e. The molecule has 17 heavy (non-hydrogen) atoms. The molecule has 0 spiro atoms. The summed E-state index contributed by atoms with van der Waals surface area (Å²) in [6.07, 6.45) is -0.461. The first-order chi connectivity index (χ1) is 8.25. The Labute approximate surface area is 99.4 Å². The Balaban J connectivity index is 1.83. The van der Waals surface area contributed by atoms with Crippen molar-refractivity contribution in [2.45, 2.75) is 6.61 Å². The number of piperazine rings is 1. The van der Waals surface area contributed by atoms with Gasteiger partial charge in [0.05, 0.1) is 6.54 Å². The normalized spacial score (nSPS) is 15.3. The zero-order chi connectivity index (χ0) is 12.1. The highest BCUT2D eigenvalue weighted by Gasteiger charge is 2.23. The first kappa shape index (κ1) is 11.4. The molecule has 0 bridgehead atoms. The Hall–Kier alpha value is -2.04. The van der Waals surface area contributed by atoms with E-state index in [-0.39, 0.29) is 19.1 Å². The number of rotatable bonds is 2. The fourth-order valence-corrected chi connectivity index (χ4v) is 1.55. The van der Waals surface area contributed by atoms with Gasteiger partial charge in [-0.1, -0.05) is 30.3 Å². The lowest BCUT2D eigenvalue weighted by Gasteiger charge is -2.24. The zero-order valence-corrected chi connectivity index (χ0v) is 9.33. The summed E-state index contributed by atoms with van der Waals surface area (Å²) in [4.78, 5) is 24.0. The minimum atomic E-state index is -0.461. The maximum Gasteiger partial charge on any atom is 0.410 e. The van der Waals surface area contributed by atoms with Crippen LogP contribution in [0.5, 0.6) is 0 Å². The van der Waals surface area contributed by atoms with Gasteiger partial charge in [0.25, 0.3) is 5.91 Å².